The lowest BCUT2D eigenvalue weighted by molar-refractivity contribution is -0.286. The Bertz CT molecular complexity index is 42.1. The fourth-order valence-corrected chi connectivity index (χ4v) is 0.0500. The van der Waals surface area contributed by atoms with Crippen LogP contribution in [0, 0.1) is 0 Å². The van der Waals surface area contributed by atoms with Crippen molar-refractivity contribution in [2.45, 2.75) is 0 Å². The predicted octanol–water partition coefficient (Wildman–Crippen LogP) is -1.61. The Labute approximate surface area is 39.5 Å². The Morgan fingerprint density at radius 1 is 1.00 bits per heavy atom. The molecule has 0 aromatic rings. The molecule has 44 valence electrons. The molecule has 0 radical (unpaired) electrons. The lowest BCUT2D eigenvalue weighted by Gasteiger charge is -2.03. The van der Waals surface area contributed by atoms with Gasteiger partial charge in [0.1, 0.15) is 0 Å². The maximum Gasteiger partial charge on any atom is 0.730 e. The molecule has 0 aromatic carbocycles. The molecule has 0 bridgehead atoms. The van der Waals surface area contributed by atoms with Crippen LogP contribution >= 0.6 is 0 Å². The Hall–Kier alpha value is -0.0231. The summed E-state index contributed by atoms with van der Waals surface area (Å²) in [5.74, 6) is 0. The second kappa shape index (κ2) is 2.33. The van der Waals surface area contributed by atoms with Crippen LogP contribution in [0.1, 0.15) is 0 Å². The van der Waals surface area contributed by atoms with E-state index in [4.69, 9.17) is 20.1 Å². The maximum absolute atomic E-state index is 7.88. The molecular formula is H4O6Si. The van der Waals surface area contributed by atoms with E-state index in [1.807, 2.05) is 0 Å². The summed E-state index contributed by atoms with van der Waals surface area (Å²) in [7, 11) is -4.54. The van der Waals surface area contributed by atoms with E-state index >= 15 is 0 Å². The van der Waals surface area contributed by atoms with Gasteiger partial charge in [0, 0.05) is 0 Å². The Morgan fingerprint density at radius 2 is 1.29 bits per heavy atom. The highest BCUT2D eigenvalue weighted by molar-refractivity contribution is 6.49. The van der Waals surface area contributed by atoms with Gasteiger partial charge in [0.05, 0.1) is 0 Å². The zero-order chi connectivity index (χ0) is 5.91. The number of rotatable bonds is 2. The molecule has 0 aliphatic rings. The minimum Gasteiger partial charge on any atom is -0.365 e. The zero-order valence-corrected chi connectivity index (χ0v) is 4.11. The smallest absolute Gasteiger partial charge is 0.365 e. The van der Waals surface area contributed by atoms with Crippen LogP contribution in [0.3, 0.4) is 0 Å². The van der Waals surface area contributed by atoms with Gasteiger partial charge in [-0.15, -0.1) is 0 Å². The van der Waals surface area contributed by atoms with E-state index in [0.29, 0.717) is 0 Å². The summed E-state index contributed by atoms with van der Waals surface area (Å²) in [6.45, 7) is 0. The van der Waals surface area contributed by atoms with Crippen molar-refractivity contribution in [1.82, 2.24) is 0 Å². The average molecular weight is 128 g/mol. The highest BCUT2D eigenvalue weighted by Gasteiger charge is 2.38. The maximum atomic E-state index is 7.88. The second-order valence-electron chi connectivity index (χ2n) is 0.731. The first-order valence-electron chi connectivity index (χ1n) is 1.22. The second-order valence-corrected chi connectivity index (χ2v) is 2.19. The third kappa shape index (κ3) is 2.65. The largest absolute Gasteiger partial charge is 0.730 e. The first-order valence-corrected chi connectivity index (χ1v) is 2.93. The molecule has 0 spiro atoms. The Balaban J connectivity index is 3.36. The van der Waals surface area contributed by atoms with Crippen LogP contribution in [0.5, 0.6) is 0 Å². The normalized spacial score (nSPS) is 12.0. The third-order valence-corrected chi connectivity index (χ3v) is 0.714. The van der Waals surface area contributed by atoms with E-state index in [9.17, 15) is 0 Å². The van der Waals surface area contributed by atoms with E-state index in [0.717, 1.165) is 0 Å². The summed E-state index contributed by atoms with van der Waals surface area (Å²) < 4.78 is 5.73. The molecule has 0 fully saturated rings. The van der Waals surface area contributed by atoms with Crippen LogP contribution in [-0.4, -0.2) is 29.2 Å². The summed E-state index contributed by atoms with van der Waals surface area (Å²) >= 11 is 0. The molecule has 7 heteroatoms. The highest BCUT2D eigenvalue weighted by Crippen LogP contribution is 1.89. The molecule has 0 aromatic heterocycles. The van der Waals surface area contributed by atoms with Gasteiger partial charge in [0.15, 0.2) is 0 Å². The van der Waals surface area contributed by atoms with Crippen LogP contribution in [0.2, 0.25) is 0 Å². The molecular weight excluding hydrogens is 124 g/mol. The molecule has 0 atom stereocenters. The molecule has 6 nitrogen and oxygen atoms in total. The summed E-state index contributed by atoms with van der Waals surface area (Å²) in [4.78, 5) is 15.8. The molecule has 7 heavy (non-hydrogen) atoms. The van der Waals surface area contributed by atoms with Gasteiger partial charge < -0.3 is 9.59 Å². The first-order chi connectivity index (χ1) is 3.12. The molecule has 0 unspecified atom stereocenters. The van der Waals surface area contributed by atoms with Crippen molar-refractivity contribution < 1.29 is 29.3 Å². The van der Waals surface area contributed by atoms with Crippen molar-refractivity contribution in [3.05, 3.63) is 0 Å². The quantitative estimate of drug-likeness (QED) is 0.203. The van der Waals surface area contributed by atoms with Crippen molar-refractivity contribution in [1.29, 1.82) is 0 Å². The SMILES string of the molecule is OO[Si](O)(O)OO. The highest BCUT2D eigenvalue weighted by atomic mass is 28.4. The molecule has 0 saturated carbocycles. The fraction of sp³-hybridized carbons (Fsp3) is 0. The van der Waals surface area contributed by atoms with Gasteiger partial charge in [-0.1, -0.05) is 0 Å². The van der Waals surface area contributed by atoms with Crippen molar-refractivity contribution in [3.63, 3.8) is 0 Å². The van der Waals surface area contributed by atoms with Crippen LogP contribution in [0.15, 0.2) is 0 Å². The topological polar surface area (TPSA) is 99.4 Å². The predicted molar refractivity (Wildman–Crippen MR) is 17.6 cm³/mol. The van der Waals surface area contributed by atoms with Gasteiger partial charge >= 0.3 is 9.05 Å². The molecule has 0 saturated heterocycles. The van der Waals surface area contributed by atoms with Gasteiger partial charge in [0.25, 0.3) is 0 Å². The van der Waals surface area contributed by atoms with E-state index in [1.54, 1.807) is 0 Å². The molecule has 0 aliphatic heterocycles. The van der Waals surface area contributed by atoms with Crippen molar-refractivity contribution in [3.8, 4) is 0 Å². The van der Waals surface area contributed by atoms with E-state index < -0.39 is 9.05 Å². The lowest BCUT2D eigenvalue weighted by atomic mass is 14.9. The first kappa shape index (κ1) is 6.98. The summed E-state index contributed by atoms with van der Waals surface area (Å²) in [6, 6.07) is 0. The average Bonchev–Trinajstić information content (AvgIpc) is 1.68. The van der Waals surface area contributed by atoms with Gasteiger partial charge in [-0.3, -0.25) is 10.5 Å². The van der Waals surface area contributed by atoms with Crippen molar-refractivity contribution in [2.24, 2.45) is 0 Å². The standard InChI is InChI=1S/H4O6Si/c1-5-7(3,4)6-2/h1-4H. The van der Waals surface area contributed by atoms with Crippen LogP contribution in [-0.2, 0) is 9.15 Å². The monoisotopic (exact) mass is 128 g/mol. The Morgan fingerprint density at radius 3 is 1.29 bits per heavy atom. The molecule has 0 heterocycles. The number of hydrogen-bond acceptors (Lipinski definition) is 6. The van der Waals surface area contributed by atoms with Crippen LogP contribution < -0.4 is 0 Å². The third-order valence-electron chi connectivity index (χ3n) is 0.238. The summed E-state index contributed by atoms with van der Waals surface area (Å²) in [5.41, 5.74) is 0. The van der Waals surface area contributed by atoms with Gasteiger partial charge in [-0.25, -0.2) is 0 Å². The fourth-order valence-electron chi connectivity index (χ4n) is 0.0167. The van der Waals surface area contributed by atoms with Crippen molar-refractivity contribution >= 4 is 9.05 Å². The minimum absolute atomic E-state index is 2.86. The molecule has 0 aliphatic carbocycles. The van der Waals surface area contributed by atoms with E-state index in [2.05, 4.69) is 9.15 Å². The minimum atomic E-state index is -4.54. The lowest BCUT2D eigenvalue weighted by Crippen LogP contribution is -2.40. The summed E-state index contributed by atoms with van der Waals surface area (Å²) in [5, 5.41) is 14.7. The van der Waals surface area contributed by atoms with Gasteiger partial charge in [-0.2, -0.15) is 9.15 Å². The van der Waals surface area contributed by atoms with Gasteiger partial charge in [0.2, 0.25) is 0 Å². The summed E-state index contributed by atoms with van der Waals surface area (Å²) in [6.07, 6.45) is 0. The van der Waals surface area contributed by atoms with Crippen LogP contribution in [0.4, 0.5) is 0 Å². The van der Waals surface area contributed by atoms with Gasteiger partial charge in [-0.05, 0) is 0 Å². The van der Waals surface area contributed by atoms with Crippen LogP contribution in [0.25, 0.3) is 0 Å². The zero-order valence-electron chi connectivity index (χ0n) is 3.11. The van der Waals surface area contributed by atoms with Crippen molar-refractivity contribution in [2.75, 3.05) is 0 Å². The Kier molecular flexibility index (Phi) is 2.32. The van der Waals surface area contributed by atoms with E-state index in [1.165, 1.54) is 0 Å². The molecule has 0 rings (SSSR count). The van der Waals surface area contributed by atoms with E-state index in [-0.39, 0.29) is 0 Å². The number of hydrogen-bond donors (Lipinski definition) is 4. The molecule has 4 N–H and O–H groups in total. The molecule has 0 amide bonds.